The monoisotopic (exact) mass is 402 g/mol. The average Bonchev–Trinajstić information content (AvgIpc) is 3.10. The van der Waals surface area contributed by atoms with Crippen LogP contribution in [0.3, 0.4) is 0 Å². The fourth-order valence-electron chi connectivity index (χ4n) is 2.17. The number of thioether (sulfide) groups is 1. The molecule has 0 saturated carbocycles. The van der Waals surface area contributed by atoms with Gasteiger partial charge in [0.2, 0.25) is 16.0 Å². The maximum atomic E-state index is 11.1. The third-order valence-corrected chi connectivity index (χ3v) is 4.91. The van der Waals surface area contributed by atoms with Crippen LogP contribution in [0.25, 0.3) is 0 Å². The van der Waals surface area contributed by atoms with Gasteiger partial charge in [-0.15, -0.1) is 0 Å². The maximum Gasteiger partial charge on any atom is 0.221 e. The summed E-state index contributed by atoms with van der Waals surface area (Å²) in [6.45, 7) is 1.60. The molecule has 11 heteroatoms. The summed E-state index contributed by atoms with van der Waals surface area (Å²) in [5.74, 6) is 4.68. The molecule has 2 aromatic heterocycles. The minimum Gasteiger partial charge on any atom is -0.464 e. The first-order valence-corrected chi connectivity index (χ1v) is 11.2. The Morgan fingerprint density at radius 3 is 2.73 bits per heavy atom. The van der Waals surface area contributed by atoms with Crippen molar-refractivity contribution in [3.63, 3.8) is 0 Å². The number of hydrogen-bond donors (Lipinski definition) is 2. The van der Waals surface area contributed by atoms with Gasteiger partial charge in [0, 0.05) is 19.3 Å². The summed E-state index contributed by atoms with van der Waals surface area (Å²) < 4.78 is 32.0. The number of furan rings is 1. The van der Waals surface area contributed by atoms with E-state index < -0.39 is 10.0 Å². The van der Waals surface area contributed by atoms with Crippen molar-refractivity contribution in [2.75, 3.05) is 38.0 Å². The largest absolute Gasteiger partial charge is 0.464 e. The predicted molar refractivity (Wildman–Crippen MR) is 103 cm³/mol. The average molecular weight is 403 g/mol. The zero-order chi connectivity index (χ0) is 19.2. The fourth-order valence-corrected chi connectivity index (χ4v) is 3.30. The Morgan fingerprint density at radius 1 is 1.31 bits per heavy atom. The number of rotatable bonds is 11. The number of nitrogens with zero attached hydrogens (tertiary/aromatic N) is 4. The summed E-state index contributed by atoms with van der Waals surface area (Å²) in [5.41, 5.74) is 0. The summed E-state index contributed by atoms with van der Waals surface area (Å²) in [7, 11) is 2.53. The summed E-state index contributed by atoms with van der Waals surface area (Å²) in [4.78, 5) is 6.35. The highest BCUT2D eigenvalue weighted by Crippen LogP contribution is 2.16. The lowest BCUT2D eigenvalue weighted by Crippen LogP contribution is -2.22. The molecule has 0 spiro atoms. The van der Waals surface area contributed by atoms with E-state index in [0.717, 1.165) is 42.4 Å². The van der Waals surface area contributed by atoms with Crippen LogP contribution in [0.4, 0.5) is 5.95 Å². The van der Waals surface area contributed by atoms with Crippen LogP contribution in [0.2, 0.25) is 0 Å². The molecule has 0 aromatic carbocycles. The molecule has 2 N–H and O–H groups in total. The molecule has 0 radical (unpaired) electrons. The standard InChI is InChI=1S/C15H26N6O3S2/c1-20(2)10-12-5-6-13(24-12)11-25-8-7-16-15-18-14(19-21(15)3)9-17-26(4,22)23/h5-6,17H,7-11H2,1-4H3,(H,16,18,19). The molecule has 2 heterocycles. The van der Waals surface area contributed by atoms with Crippen LogP contribution in [0, 0.1) is 0 Å². The SMILES string of the molecule is CN(C)Cc1ccc(CSCCNc2nc(CNS(C)(=O)=O)nn2C)o1. The van der Waals surface area contributed by atoms with Crippen molar-refractivity contribution in [1.82, 2.24) is 24.4 Å². The Balaban J connectivity index is 1.69. The van der Waals surface area contributed by atoms with Crippen LogP contribution in [0.5, 0.6) is 0 Å². The van der Waals surface area contributed by atoms with Crippen LogP contribution in [0.1, 0.15) is 17.3 Å². The van der Waals surface area contributed by atoms with Crippen molar-refractivity contribution in [3.05, 3.63) is 29.5 Å². The molecule has 0 aliphatic heterocycles. The van der Waals surface area contributed by atoms with E-state index in [4.69, 9.17) is 4.42 Å². The quantitative estimate of drug-likeness (QED) is 0.533. The van der Waals surface area contributed by atoms with Crippen molar-refractivity contribution < 1.29 is 12.8 Å². The molecule has 0 atom stereocenters. The summed E-state index contributed by atoms with van der Waals surface area (Å²) in [6, 6.07) is 4.03. The highest BCUT2D eigenvalue weighted by Gasteiger charge is 2.09. The molecule has 26 heavy (non-hydrogen) atoms. The molecule has 0 fully saturated rings. The summed E-state index contributed by atoms with van der Waals surface area (Å²) >= 11 is 1.77. The van der Waals surface area contributed by atoms with Crippen molar-refractivity contribution in [2.45, 2.75) is 18.8 Å². The van der Waals surface area contributed by atoms with Gasteiger partial charge in [0.05, 0.1) is 25.1 Å². The van der Waals surface area contributed by atoms with Gasteiger partial charge in [-0.25, -0.2) is 17.8 Å². The topological polar surface area (TPSA) is 105 Å². The van der Waals surface area contributed by atoms with Crippen LogP contribution >= 0.6 is 11.8 Å². The second-order valence-corrected chi connectivity index (χ2v) is 9.09. The van der Waals surface area contributed by atoms with Crippen LogP contribution in [0.15, 0.2) is 16.5 Å². The Labute approximate surface area is 158 Å². The number of nitrogens with one attached hydrogen (secondary N) is 2. The lowest BCUT2D eigenvalue weighted by atomic mass is 10.4. The third kappa shape index (κ3) is 7.36. The first-order chi connectivity index (χ1) is 12.2. The predicted octanol–water partition coefficient (Wildman–Crippen LogP) is 0.864. The second-order valence-electron chi connectivity index (χ2n) is 6.15. The van der Waals surface area contributed by atoms with Crippen LogP contribution in [-0.2, 0) is 35.9 Å². The van der Waals surface area contributed by atoms with E-state index in [0.29, 0.717) is 11.8 Å². The third-order valence-electron chi connectivity index (χ3n) is 3.26. The normalized spacial score (nSPS) is 12.0. The molecular formula is C15H26N6O3S2. The molecule has 9 nitrogen and oxygen atoms in total. The Hall–Kier alpha value is -1.56. The fraction of sp³-hybridized carbons (Fsp3) is 0.600. The number of aryl methyl sites for hydroxylation is 1. The second kappa shape index (κ2) is 9.40. The molecule has 0 aliphatic rings. The zero-order valence-corrected chi connectivity index (χ0v) is 17.2. The van der Waals surface area contributed by atoms with Crippen molar-refractivity contribution in [2.24, 2.45) is 7.05 Å². The van der Waals surface area contributed by atoms with Gasteiger partial charge in [0.15, 0.2) is 5.82 Å². The van der Waals surface area contributed by atoms with Gasteiger partial charge in [-0.05, 0) is 26.2 Å². The van der Waals surface area contributed by atoms with Crippen LogP contribution < -0.4 is 10.0 Å². The smallest absolute Gasteiger partial charge is 0.221 e. The van der Waals surface area contributed by atoms with E-state index in [9.17, 15) is 8.42 Å². The van der Waals surface area contributed by atoms with Crippen molar-refractivity contribution in [3.8, 4) is 0 Å². The van der Waals surface area contributed by atoms with Gasteiger partial charge < -0.3 is 14.6 Å². The van der Waals surface area contributed by atoms with Crippen LogP contribution in [-0.4, -0.2) is 60.7 Å². The maximum absolute atomic E-state index is 11.1. The zero-order valence-electron chi connectivity index (χ0n) is 15.5. The van der Waals surface area contributed by atoms with Gasteiger partial charge in [-0.1, -0.05) is 0 Å². The minimum atomic E-state index is -3.26. The molecule has 0 aliphatic carbocycles. The molecule has 2 aromatic rings. The highest BCUT2D eigenvalue weighted by atomic mass is 32.2. The van der Waals surface area contributed by atoms with Gasteiger partial charge in [-0.3, -0.25) is 0 Å². The number of aromatic nitrogens is 3. The van der Waals surface area contributed by atoms with Gasteiger partial charge in [0.25, 0.3) is 0 Å². The first kappa shape index (κ1) is 20.7. The molecule has 146 valence electrons. The van der Waals surface area contributed by atoms with E-state index in [1.54, 1.807) is 23.5 Å². The molecule has 2 rings (SSSR count). The number of sulfonamides is 1. The van der Waals surface area contributed by atoms with E-state index in [2.05, 4.69) is 25.0 Å². The molecule has 0 unspecified atom stereocenters. The van der Waals surface area contributed by atoms with E-state index in [1.807, 2.05) is 26.2 Å². The summed E-state index contributed by atoms with van der Waals surface area (Å²) in [5, 5.41) is 7.38. The van der Waals surface area contributed by atoms with Gasteiger partial charge in [0.1, 0.15) is 11.5 Å². The lowest BCUT2D eigenvalue weighted by Gasteiger charge is -2.06. The van der Waals surface area contributed by atoms with Crippen molar-refractivity contribution >= 4 is 27.7 Å². The van der Waals surface area contributed by atoms with E-state index in [-0.39, 0.29) is 6.54 Å². The number of hydrogen-bond acceptors (Lipinski definition) is 8. The molecule has 0 amide bonds. The Kier molecular flexibility index (Phi) is 7.50. The lowest BCUT2D eigenvalue weighted by molar-refractivity contribution is 0.344. The first-order valence-electron chi connectivity index (χ1n) is 8.11. The Bertz CT molecular complexity index is 800. The van der Waals surface area contributed by atoms with Gasteiger partial charge in [-0.2, -0.15) is 21.8 Å². The Morgan fingerprint density at radius 2 is 2.04 bits per heavy atom. The number of anilines is 1. The minimum absolute atomic E-state index is 0.0802. The molecular weight excluding hydrogens is 376 g/mol. The van der Waals surface area contributed by atoms with E-state index >= 15 is 0 Å². The summed E-state index contributed by atoms with van der Waals surface area (Å²) in [6.07, 6.45) is 1.11. The molecule has 0 bridgehead atoms. The van der Waals surface area contributed by atoms with Crippen molar-refractivity contribution in [1.29, 1.82) is 0 Å². The highest BCUT2D eigenvalue weighted by molar-refractivity contribution is 7.98. The van der Waals surface area contributed by atoms with E-state index in [1.165, 1.54) is 0 Å². The molecule has 0 saturated heterocycles. The van der Waals surface area contributed by atoms with Gasteiger partial charge >= 0.3 is 0 Å².